The lowest BCUT2D eigenvalue weighted by atomic mass is 9.83. The maximum absolute atomic E-state index is 11.6. The van der Waals surface area contributed by atoms with Gasteiger partial charge in [-0.15, -0.1) is 0 Å². The van der Waals surface area contributed by atoms with E-state index >= 15 is 0 Å². The van der Waals surface area contributed by atoms with Crippen LogP contribution in [0.25, 0.3) is 0 Å². The Labute approximate surface area is 179 Å². The van der Waals surface area contributed by atoms with Gasteiger partial charge in [0.15, 0.2) is 0 Å². The highest BCUT2D eigenvalue weighted by Gasteiger charge is 2.27. The van der Waals surface area contributed by atoms with Gasteiger partial charge in [-0.3, -0.25) is 4.79 Å². The Morgan fingerprint density at radius 1 is 1.03 bits per heavy atom. The minimum absolute atomic E-state index is 0.0512. The number of carbonyl (C=O) groups excluding carboxylic acids is 1. The Hall–Kier alpha value is -2.31. The number of hydrogen-bond donors (Lipinski definition) is 4. The maximum atomic E-state index is 11.6. The fourth-order valence-electron chi connectivity index (χ4n) is 2.66. The molecule has 1 fully saturated rings. The summed E-state index contributed by atoms with van der Waals surface area (Å²) in [5.41, 5.74) is 0.486. The molecule has 0 radical (unpaired) electrons. The van der Waals surface area contributed by atoms with E-state index < -0.39 is 14.2 Å². The van der Waals surface area contributed by atoms with Gasteiger partial charge in [0.05, 0.1) is 12.5 Å². The van der Waals surface area contributed by atoms with E-state index in [1.54, 1.807) is 6.92 Å². The molecule has 4 N–H and O–H groups in total. The average Bonchev–Trinajstić information content (AvgIpc) is 2.75. The molecule has 1 aliphatic heterocycles. The zero-order valence-corrected chi connectivity index (χ0v) is 17.1. The Bertz CT molecular complexity index is 792. The van der Waals surface area contributed by atoms with Crippen LogP contribution in [-0.2, 0) is 9.53 Å². The lowest BCUT2D eigenvalue weighted by Crippen LogP contribution is -2.38. The van der Waals surface area contributed by atoms with Crippen LogP contribution < -0.4 is 15.8 Å². The van der Waals surface area contributed by atoms with Crippen LogP contribution in [0.5, 0.6) is 0 Å². The summed E-state index contributed by atoms with van der Waals surface area (Å²) < 4.78 is 5.02. The predicted molar refractivity (Wildman–Crippen MR) is 110 cm³/mol. The molecule has 0 aromatic carbocycles. The van der Waals surface area contributed by atoms with E-state index in [0.717, 1.165) is 0 Å². The summed E-state index contributed by atoms with van der Waals surface area (Å²) in [6.07, 6.45) is 6.72. The Morgan fingerprint density at radius 3 is 1.93 bits per heavy atom. The van der Waals surface area contributed by atoms with Crippen molar-refractivity contribution in [1.29, 1.82) is 0 Å². The largest absolute Gasteiger partial charge is 0.491 e. The highest BCUT2D eigenvalue weighted by atomic mass is 35.5. The lowest BCUT2D eigenvalue weighted by molar-refractivity contribution is -0.148. The molecule has 0 spiro atoms. The number of carbonyl (C=O) groups is 1. The van der Waals surface area contributed by atoms with Gasteiger partial charge in [-0.05, 0) is 31.4 Å². The second-order valence-electron chi connectivity index (χ2n) is 6.36. The van der Waals surface area contributed by atoms with Crippen molar-refractivity contribution >= 4 is 48.7 Å². The first-order valence-electron chi connectivity index (χ1n) is 9.25. The summed E-state index contributed by atoms with van der Waals surface area (Å²) >= 11 is 5.33. The summed E-state index contributed by atoms with van der Waals surface area (Å²) in [5.74, 6) is 0.355. The summed E-state index contributed by atoms with van der Waals surface area (Å²) in [6.45, 7) is 3.58. The van der Waals surface area contributed by atoms with Gasteiger partial charge >= 0.3 is 20.2 Å². The normalized spacial score (nSPS) is 13.9. The molecule has 0 atom stereocenters. The van der Waals surface area contributed by atoms with Gasteiger partial charge < -0.3 is 29.7 Å². The molecule has 3 rings (SSSR count). The van der Waals surface area contributed by atoms with Crippen molar-refractivity contribution < 1.29 is 29.6 Å². The molecular weight excluding hydrogens is 415 g/mol. The predicted octanol–water partition coefficient (Wildman–Crippen LogP) is -2.25. The molecule has 2 aromatic rings. The maximum Gasteiger partial charge on any atom is 0.491 e. The van der Waals surface area contributed by atoms with Crippen LogP contribution in [0.15, 0.2) is 24.8 Å². The van der Waals surface area contributed by atoms with Crippen molar-refractivity contribution in [2.45, 2.75) is 19.8 Å². The summed E-state index contributed by atoms with van der Waals surface area (Å²) in [6, 6.07) is 0. The molecular formula is C16H22B2ClN5O6. The number of ether oxygens (including phenoxy) is 1. The third kappa shape index (κ3) is 7.18. The van der Waals surface area contributed by atoms with Crippen LogP contribution in [0.4, 0.5) is 5.95 Å². The lowest BCUT2D eigenvalue weighted by Gasteiger charge is -2.30. The average molecular weight is 437 g/mol. The van der Waals surface area contributed by atoms with E-state index in [0.29, 0.717) is 38.5 Å². The van der Waals surface area contributed by atoms with E-state index in [2.05, 4.69) is 19.9 Å². The first-order valence-corrected chi connectivity index (χ1v) is 9.62. The molecule has 30 heavy (non-hydrogen) atoms. The fraction of sp³-hybridized carbons (Fsp3) is 0.438. The molecule has 0 aliphatic carbocycles. The van der Waals surface area contributed by atoms with Gasteiger partial charge in [0, 0.05) is 48.8 Å². The third-order valence-corrected chi connectivity index (χ3v) is 4.49. The number of esters is 1. The SMILES string of the molecule is CCOC(=O)C1CCN(c2ncc(B(O)O)cn2)CC1.OB(O)c1cnc(Cl)nc1. The van der Waals surface area contributed by atoms with Gasteiger partial charge in [0.1, 0.15) is 0 Å². The van der Waals surface area contributed by atoms with Crippen molar-refractivity contribution in [3.05, 3.63) is 30.1 Å². The molecule has 2 aromatic heterocycles. The van der Waals surface area contributed by atoms with Gasteiger partial charge in [-0.2, -0.15) is 0 Å². The van der Waals surface area contributed by atoms with Crippen LogP contribution in [-0.4, -0.2) is 79.9 Å². The number of nitrogens with zero attached hydrogens (tertiary/aromatic N) is 5. The second kappa shape index (κ2) is 11.8. The van der Waals surface area contributed by atoms with Crippen molar-refractivity contribution in [3.8, 4) is 0 Å². The van der Waals surface area contributed by atoms with Crippen molar-refractivity contribution in [3.63, 3.8) is 0 Å². The quantitative estimate of drug-likeness (QED) is 0.227. The smallest absolute Gasteiger partial charge is 0.466 e. The van der Waals surface area contributed by atoms with Crippen LogP contribution >= 0.6 is 11.6 Å². The second-order valence-corrected chi connectivity index (χ2v) is 6.70. The number of rotatable bonds is 5. The number of hydrogen-bond acceptors (Lipinski definition) is 11. The van der Waals surface area contributed by atoms with Crippen molar-refractivity contribution in [2.75, 3.05) is 24.6 Å². The third-order valence-electron chi connectivity index (χ3n) is 4.29. The van der Waals surface area contributed by atoms with E-state index in [1.165, 1.54) is 24.8 Å². The zero-order chi connectivity index (χ0) is 22.1. The summed E-state index contributed by atoms with van der Waals surface area (Å²) in [4.78, 5) is 28.9. The van der Waals surface area contributed by atoms with Crippen LogP contribution in [0.2, 0.25) is 5.28 Å². The van der Waals surface area contributed by atoms with Crippen LogP contribution in [0.3, 0.4) is 0 Å². The topological polar surface area (TPSA) is 162 Å². The molecule has 3 heterocycles. The molecule has 1 saturated heterocycles. The Balaban J connectivity index is 0.000000269. The molecule has 1 aliphatic rings. The van der Waals surface area contributed by atoms with E-state index in [-0.39, 0.29) is 28.1 Å². The van der Waals surface area contributed by atoms with Gasteiger partial charge in [0.25, 0.3) is 0 Å². The fourth-order valence-corrected chi connectivity index (χ4v) is 2.76. The zero-order valence-electron chi connectivity index (χ0n) is 16.3. The highest BCUT2D eigenvalue weighted by molar-refractivity contribution is 6.58. The van der Waals surface area contributed by atoms with Gasteiger partial charge in [-0.25, -0.2) is 19.9 Å². The summed E-state index contributed by atoms with van der Waals surface area (Å²) in [5, 5.41) is 35.1. The van der Waals surface area contributed by atoms with Crippen molar-refractivity contribution in [2.24, 2.45) is 5.92 Å². The molecule has 0 saturated carbocycles. The standard InChI is InChI=1S/C12H18BN3O4.C4H4BClN2O2/c1-2-20-11(17)9-3-5-16(6-4-9)12-14-7-10(8-15-12)13(18)19;6-4-7-1-3(2-8-4)5(9)10/h7-9,18-19H,2-6H2,1H3;1-2,9-10H. The summed E-state index contributed by atoms with van der Waals surface area (Å²) in [7, 11) is -3.09. The van der Waals surface area contributed by atoms with E-state index in [9.17, 15) is 4.79 Å². The van der Waals surface area contributed by atoms with E-state index in [1.807, 2.05) is 4.90 Å². The highest BCUT2D eigenvalue weighted by Crippen LogP contribution is 2.21. The molecule has 0 unspecified atom stereocenters. The number of piperidine rings is 1. The van der Waals surface area contributed by atoms with Crippen LogP contribution in [0.1, 0.15) is 19.8 Å². The molecule has 11 nitrogen and oxygen atoms in total. The minimum atomic E-state index is -1.56. The Morgan fingerprint density at radius 2 is 1.50 bits per heavy atom. The van der Waals surface area contributed by atoms with Crippen LogP contribution in [0, 0.1) is 5.92 Å². The minimum Gasteiger partial charge on any atom is -0.466 e. The molecule has 14 heteroatoms. The van der Waals surface area contributed by atoms with Gasteiger partial charge in [-0.1, -0.05) is 0 Å². The van der Waals surface area contributed by atoms with Crippen molar-refractivity contribution in [1.82, 2.24) is 19.9 Å². The first kappa shape index (κ1) is 24.0. The molecule has 0 amide bonds. The molecule has 0 bridgehead atoms. The monoisotopic (exact) mass is 437 g/mol. The Kier molecular flexibility index (Phi) is 9.40. The molecule has 160 valence electrons. The number of aromatic nitrogens is 4. The van der Waals surface area contributed by atoms with E-state index in [4.69, 9.17) is 36.4 Å². The number of halogens is 1. The number of anilines is 1. The first-order chi connectivity index (χ1) is 14.3. The van der Waals surface area contributed by atoms with Gasteiger partial charge in [0.2, 0.25) is 11.2 Å².